The van der Waals surface area contributed by atoms with Gasteiger partial charge in [-0.25, -0.2) is 14.8 Å². The van der Waals surface area contributed by atoms with Crippen LogP contribution in [0.5, 0.6) is 5.75 Å². The summed E-state index contributed by atoms with van der Waals surface area (Å²) in [5, 5.41) is 21.7. The van der Waals surface area contributed by atoms with Crippen molar-refractivity contribution in [3.8, 4) is 17.3 Å². The highest BCUT2D eigenvalue weighted by Gasteiger charge is 2.41. The Morgan fingerprint density at radius 3 is 2.60 bits per heavy atom. The number of methoxy groups -OCH3 is 1. The van der Waals surface area contributed by atoms with Crippen molar-refractivity contribution < 1.29 is 24.5 Å². The molecule has 0 spiro atoms. The number of hydrogen-bond acceptors (Lipinski definition) is 6. The molecule has 1 saturated heterocycles. The maximum Gasteiger partial charge on any atom is 0.408 e. The molecule has 2 N–H and O–H groups in total. The third-order valence-electron chi connectivity index (χ3n) is 8.52. The van der Waals surface area contributed by atoms with E-state index >= 15 is 0 Å². The molecular weight excluding hydrogens is 536 g/mol. The van der Waals surface area contributed by atoms with E-state index in [1.54, 1.807) is 44.9 Å². The van der Waals surface area contributed by atoms with Crippen LogP contribution in [0.15, 0.2) is 36.5 Å². The second-order valence-corrected chi connectivity index (χ2v) is 12.5. The number of aryl methyl sites for hydroxylation is 1. The molecule has 42 heavy (non-hydrogen) atoms. The number of nitrogens with zero attached hydrogens (tertiary/aromatic N) is 6. The molecule has 1 aromatic carbocycles. The Labute approximate surface area is 244 Å². The van der Waals surface area contributed by atoms with E-state index in [0.717, 1.165) is 34.6 Å². The smallest absolute Gasteiger partial charge is 0.408 e. The number of hydrogen-bond donors (Lipinski definition) is 2. The maximum absolute atomic E-state index is 13.8. The van der Waals surface area contributed by atoms with Crippen LogP contribution in [0.4, 0.5) is 4.79 Å². The van der Waals surface area contributed by atoms with E-state index in [1.165, 1.54) is 17.7 Å². The Morgan fingerprint density at radius 1 is 1.17 bits per heavy atom. The summed E-state index contributed by atoms with van der Waals surface area (Å²) in [6, 6.07) is 8.86. The summed E-state index contributed by atoms with van der Waals surface area (Å²) in [7, 11) is 3.52. The van der Waals surface area contributed by atoms with E-state index in [9.17, 15) is 19.8 Å². The van der Waals surface area contributed by atoms with Gasteiger partial charge >= 0.3 is 6.09 Å². The average molecular weight is 575 g/mol. The lowest BCUT2D eigenvalue weighted by Gasteiger charge is -2.46. The van der Waals surface area contributed by atoms with Crippen LogP contribution in [0.2, 0.25) is 0 Å². The first-order valence-corrected chi connectivity index (χ1v) is 14.5. The lowest BCUT2D eigenvalue weighted by Crippen LogP contribution is -2.62. The molecule has 11 heteroatoms. The van der Waals surface area contributed by atoms with Gasteiger partial charge in [0, 0.05) is 49.4 Å². The molecule has 6 rings (SSSR count). The zero-order valence-corrected chi connectivity index (χ0v) is 24.7. The first kappa shape index (κ1) is 28.0. The number of likely N-dealkylation sites (tertiary alicyclic amines) is 1. The SMILES string of the molecule is COc1cc(C(=O)N2CC[C@@H](O)[C@@H](N(C(=O)O)C(C)(C)C)C2)cc2nc(-c3cc4cccnc4n3CC3CC3)n(C)c12. The van der Waals surface area contributed by atoms with Crippen LogP contribution in [0.3, 0.4) is 0 Å². The molecule has 222 valence electrons. The predicted molar refractivity (Wildman–Crippen MR) is 159 cm³/mol. The van der Waals surface area contributed by atoms with E-state index in [0.29, 0.717) is 29.3 Å². The van der Waals surface area contributed by atoms with Crippen LogP contribution in [0.25, 0.3) is 33.6 Å². The van der Waals surface area contributed by atoms with E-state index in [2.05, 4.69) is 21.7 Å². The number of piperidine rings is 1. The van der Waals surface area contributed by atoms with Crippen molar-refractivity contribution >= 4 is 34.1 Å². The summed E-state index contributed by atoms with van der Waals surface area (Å²) in [6.45, 7) is 6.64. The number of rotatable bonds is 6. The monoisotopic (exact) mass is 574 g/mol. The Kier molecular flexibility index (Phi) is 6.87. The minimum absolute atomic E-state index is 0.0890. The van der Waals surface area contributed by atoms with Crippen molar-refractivity contribution in [2.24, 2.45) is 13.0 Å². The molecule has 2 fully saturated rings. The molecule has 0 bridgehead atoms. The minimum atomic E-state index is -1.13. The maximum atomic E-state index is 13.8. The van der Waals surface area contributed by atoms with Gasteiger partial charge in [-0.05, 0) is 76.3 Å². The average Bonchev–Trinajstić information content (AvgIpc) is 3.61. The fourth-order valence-electron chi connectivity index (χ4n) is 6.30. The number of aliphatic hydroxyl groups excluding tert-OH is 1. The molecule has 11 nitrogen and oxygen atoms in total. The highest BCUT2D eigenvalue weighted by atomic mass is 16.5. The molecule has 1 saturated carbocycles. The Morgan fingerprint density at radius 2 is 1.93 bits per heavy atom. The summed E-state index contributed by atoms with van der Waals surface area (Å²) in [4.78, 5) is 38.5. The highest BCUT2D eigenvalue weighted by molar-refractivity contribution is 6.00. The van der Waals surface area contributed by atoms with Crippen molar-refractivity contribution in [1.82, 2.24) is 28.9 Å². The van der Waals surface area contributed by atoms with Crippen LogP contribution in [-0.2, 0) is 13.6 Å². The van der Waals surface area contributed by atoms with E-state index in [4.69, 9.17) is 9.72 Å². The van der Waals surface area contributed by atoms with E-state index in [-0.39, 0.29) is 18.9 Å². The Hall–Kier alpha value is -4.12. The largest absolute Gasteiger partial charge is 0.494 e. The molecule has 2 aliphatic rings. The number of aromatic nitrogens is 4. The van der Waals surface area contributed by atoms with Crippen LogP contribution < -0.4 is 4.74 Å². The predicted octanol–water partition coefficient (Wildman–Crippen LogP) is 4.36. The van der Waals surface area contributed by atoms with E-state index < -0.39 is 23.8 Å². The Bertz CT molecular complexity index is 1680. The number of imidazole rings is 1. The first-order chi connectivity index (χ1) is 20.0. The summed E-state index contributed by atoms with van der Waals surface area (Å²) in [5.41, 5.74) is 2.96. The molecule has 2 amide bonds. The van der Waals surface area contributed by atoms with Crippen molar-refractivity contribution in [2.75, 3.05) is 20.2 Å². The third kappa shape index (κ3) is 4.85. The third-order valence-corrected chi connectivity index (χ3v) is 8.52. The zero-order chi connectivity index (χ0) is 29.9. The molecular formula is C31H38N6O5. The number of benzene rings is 1. The van der Waals surface area contributed by atoms with Crippen molar-refractivity contribution in [1.29, 1.82) is 0 Å². The van der Waals surface area contributed by atoms with Crippen molar-refractivity contribution in [3.05, 3.63) is 42.1 Å². The number of carboxylic acid groups (broad SMARTS) is 1. The second-order valence-electron chi connectivity index (χ2n) is 12.5. The molecule has 0 radical (unpaired) electrons. The Balaban J connectivity index is 1.38. The number of carbonyl (C=O) groups is 2. The minimum Gasteiger partial charge on any atom is -0.494 e. The van der Waals surface area contributed by atoms with Crippen molar-refractivity contribution in [3.63, 3.8) is 0 Å². The van der Waals surface area contributed by atoms with Crippen LogP contribution in [0, 0.1) is 5.92 Å². The molecule has 1 aliphatic heterocycles. The van der Waals surface area contributed by atoms with Gasteiger partial charge in [-0.3, -0.25) is 9.69 Å². The number of pyridine rings is 1. The summed E-state index contributed by atoms with van der Waals surface area (Å²) in [5.74, 6) is 1.66. The van der Waals surface area contributed by atoms with Crippen molar-refractivity contribution in [2.45, 2.75) is 64.3 Å². The van der Waals surface area contributed by atoms with Gasteiger partial charge in [0.25, 0.3) is 5.91 Å². The lowest BCUT2D eigenvalue weighted by molar-refractivity contribution is -0.0303. The van der Waals surface area contributed by atoms with Gasteiger partial charge in [0.05, 0.1) is 30.5 Å². The van der Waals surface area contributed by atoms with Gasteiger partial charge in [-0.15, -0.1) is 0 Å². The topological polar surface area (TPSA) is 126 Å². The summed E-state index contributed by atoms with van der Waals surface area (Å²) < 4.78 is 10.0. The normalized spacial score (nSPS) is 19.4. The van der Waals surface area contributed by atoms with Gasteiger partial charge in [0.1, 0.15) is 16.9 Å². The molecule has 3 aromatic heterocycles. The van der Waals surface area contributed by atoms with Gasteiger partial charge in [-0.2, -0.15) is 0 Å². The number of ether oxygens (including phenoxy) is 1. The van der Waals surface area contributed by atoms with E-state index in [1.807, 2.05) is 23.9 Å². The number of amides is 2. The lowest BCUT2D eigenvalue weighted by atomic mass is 9.95. The molecule has 2 atom stereocenters. The molecule has 4 heterocycles. The summed E-state index contributed by atoms with van der Waals surface area (Å²) >= 11 is 0. The highest BCUT2D eigenvalue weighted by Crippen LogP contribution is 2.37. The number of fused-ring (bicyclic) bond motifs is 2. The quantitative estimate of drug-likeness (QED) is 0.350. The molecule has 0 unspecified atom stereocenters. The van der Waals surface area contributed by atoms with Gasteiger partial charge in [0.2, 0.25) is 0 Å². The van der Waals surface area contributed by atoms with Crippen LogP contribution in [-0.4, -0.2) is 89.0 Å². The van der Waals surface area contributed by atoms with Gasteiger partial charge in [-0.1, -0.05) is 0 Å². The first-order valence-electron chi connectivity index (χ1n) is 14.5. The molecule has 4 aromatic rings. The standard InChI is InChI=1S/C31H38N6O5/c1-31(2,3)37(30(40)41)23-17-35(12-10-24(23)38)29(39)20-13-21-26(25(15-20)42-5)34(4)28(33-21)22-14-19-7-6-11-32-27(19)36(22)16-18-8-9-18/h6-7,11,13-15,18,23-24,38H,8-10,12,16-17H2,1-5H3,(H,40,41)/t23-,24+/m0/s1. The number of aliphatic hydroxyl groups is 1. The second kappa shape index (κ2) is 10.3. The number of carbonyl (C=O) groups excluding carboxylic acids is 1. The van der Waals surface area contributed by atoms with Crippen LogP contribution in [0.1, 0.15) is 50.4 Å². The van der Waals surface area contributed by atoms with Gasteiger partial charge in [0.15, 0.2) is 5.82 Å². The fraction of sp³-hybridized carbons (Fsp3) is 0.484. The van der Waals surface area contributed by atoms with Crippen LogP contribution >= 0.6 is 0 Å². The zero-order valence-electron chi connectivity index (χ0n) is 24.7. The molecule has 1 aliphatic carbocycles. The summed E-state index contributed by atoms with van der Waals surface area (Å²) in [6.07, 6.45) is 2.52. The van der Waals surface area contributed by atoms with Gasteiger partial charge < -0.3 is 29.0 Å². The fourth-order valence-corrected chi connectivity index (χ4v) is 6.30.